The van der Waals surface area contributed by atoms with Gasteiger partial charge in [0.05, 0.1) is 18.8 Å². The number of carbonyl (C=O) groups excluding carboxylic acids is 1. The van der Waals surface area contributed by atoms with Gasteiger partial charge >= 0.3 is 0 Å². The van der Waals surface area contributed by atoms with Crippen molar-refractivity contribution >= 4 is 5.91 Å². The van der Waals surface area contributed by atoms with Crippen molar-refractivity contribution in [3.8, 4) is 0 Å². The van der Waals surface area contributed by atoms with Crippen molar-refractivity contribution in [2.45, 2.75) is 65.6 Å². The third-order valence-corrected chi connectivity index (χ3v) is 3.64. The molecule has 1 heterocycles. The molecule has 0 aromatic heterocycles. The second kappa shape index (κ2) is 8.54. The van der Waals surface area contributed by atoms with Crippen LogP contribution in [0.2, 0.25) is 0 Å². The fourth-order valence-electron chi connectivity index (χ4n) is 2.40. The fraction of sp³-hybridized carbons (Fsp3) is 0.933. The van der Waals surface area contributed by atoms with E-state index in [-0.39, 0.29) is 18.1 Å². The van der Waals surface area contributed by atoms with E-state index in [9.17, 15) is 4.79 Å². The van der Waals surface area contributed by atoms with Crippen LogP contribution in [0.15, 0.2) is 0 Å². The monoisotopic (exact) mass is 270 g/mol. The van der Waals surface area contributed by atoms with Crippen LogP contribution in [0.5, 0.6) is 0 Å². The number of hydrogen-bond donors (Lipinski definition) is 1. The van der Waals surface area contributed by atoms with Gasteiger partial charge in [-0.25, -0.2) is 0 Å². The van der Waals surface area contributed by atoms with E-state index in [0.717, 1.165) is 32.3 Å². The molecule has 0 spiro atoms. The molecule has 1 rings (SSSR count). The lowest BCUT2D eigenvalue weighted by Crippen LogP contribution is -2.39. The van der Waals surface area contributed by atoms with E-state index in [1.54, 1.807) is 0 Å². The van der Waals surface area contributed by atoms with Crippen molar-refractivity contribution in [1.29, 1.82) is 0 Å². The average Bonchev–Trinajstić information content (AvgIpc) is 2.66. The van der Waals surface area contributed by atoms with Gasteiger partial charge in [-0.2, -0.15) is 0 Å². The van der Waals surface area contributed by atoms with Crippen LogP contribution in [0.1, 0.15) is 53.4 Å². The number of carbonyl (C=O) groups is 1. The summed E-state index contributed by atoms with van der Waals surface area (Å²) >= 11 is 0. The Labute approximate surface area is 117 Å². The second-order valence-corrected chi connectivity index (χ2v) is 5.76. The highest BCUT2D eigenvalue weighted by Gasteiger charge is 2.36. The van der Waals surface area contributed by atoms with Crippen molar-refractivity contribution in [2.75, 3.05) is 19.8 Å². The molecule has 2 unspecified atom stereocenters. The Morgan fingerprint density at radius 1 is 1.32 bits per heavy atom. The highest BCUT2D eigenvalue weighted by molar-refractivity contribution is 5.84. The molecule has 2 atom stereocenters. The minimum atomic E-state index is 0.00668. The summed E-state index contributed by atoms with van der Waals surface area (Å²) in [7, 11) is 0. The molecule has 1 N–H and O–H groups in total. The molecule has 1 fully saturated rings. The van der Waals surface area contributed by atoms with Crippen molar-refractivity contribution in [1.82, 2.24) is 10.2 Å². The van der Waals surface area contributed by atoms with E-state index >= 15 is 0 Å². The van der Waals surface area contributed by atoms with Crippen molar-refractivity contribution < 1.29 is 9.53 Å². The molecule has 0 aliphatic carbocycles. The van der Waals surface area contributed by atoms with Crippen LogP contribution >= 0.6 is 0 Å². The Balaban J connectivity index is 2.34. The maximum absolute atomic E-state index is 12.2. The maximum Gasteiger partial charge on any atom is 0.241 e. The second-order valence-electron chi connectivity index (χ2n) is 5.76. The predicted octanol–water partition coefficient (Wildman–Crippen LogP) is 2.39. The molecule has 1 aliphatic heterocycles. The molecule has 1 aliphatic rings. The van der Waals surface area contributed by atoms with Crippen LogP contribution in [0.3, 0.4) is 0 Å². The zero-order valence-electron chi connectivity index (χ0n) is 12.9. The molecule has 0 radical (unpaired) electrons. The van der Waals surface area contributed by atoms with Gasteiger partial charge in [-0.1, -0.05) is 34.1 Å². The molecule has 1 amide bonds. The van der Waals surface area contributed by atoms with Gasteiger partial charge in [-0.3, -0.25) is 10.1 Å². The minimum Gasteiger partial charge on any atom is -0.380 e. The smallest absolute Gasteiger partial charge is 0.241 e. The molecular weight excluding hydrogens is 240 g/mol. The number of rotatable bonds is 9. The summed E-state index contributed by atoms with van der Waals surface area (Å²) in [6.07, 6.45) is 4.27. The van der Waals surface area contributed by atoms with E-state index < -0.39 is 0 Å². The van der Waals surface area contributed by atoms with Gasteiger partial charge in [-0.15, -0.1) is 0 Å². The van der Waals surface area contributed by atoms with E-state index in [4.69, 9.17) is 4.74 Å². The number of amides is 1. The lowest BCUT2D eigenvalue weighted by Gasteiger charge is -2.23. The van der Waals surface area contributed by atoms with Crippen LogP contribution in [0.25, 0.3) is 0 Å². The van der Waals surface area contributed by atoms with Crippen LogP contribution in [-0.4, -0.2) is 42.8 Å². The first-order valence-corrected chi connectivity index (χ1v) is 7.74. The molecular formula is C15H30N2O2. The highest BCUT2D eigenvalue weighted by atomic mass is 16.5. The molecule has 0 saturated carbocycles. The summed E-state index contributed by atoms with van der Waals surface area (Å²) in [5.74, 6) is 0.917. The van der Waals surface area contributed by atoms with E-state index in [1.165, 1.54) is 0 Å². The van der Waals surface area contributed by atoms with Gasteiger partial charge in [0.2, 0.25) is 5.91 Å². The van der Waals surface area contributed by atoms with E-state index in [0.29, 0.717) is 19.1 Å². The first-order chi connectivity index (χ1) is 9.10. The number of ether oxygens (including phenoxy) is 1. The predicted molar refractivity (Wildman–Crippen MR) is 77.9 cm³/mol. The summed E-state index contributed by atoms with van der Waals surface area (Å²) in [5.41, 5.74) is 0. The molecule has 1 saturated heterocycles. The van der Waals surface area contributed by atoms with Gasteiger partial charge < -0.3 is 9.64 Å². The largest absolute Gasteiger partial charge is 0.380 e. The lowest BCUT2D eigenvalue weighted by molar-refractivity contribution is -0.130. The third-order valence-electron chi connectivity index (χ3n) is 3.64. The van der Waals surface area contributed by atoms with Gasteiger partial charge in [0.1, 0.15) is 0 Å². The van der Waals surface area contributed by atoms with E-state index in [1.807, 2.05) is 4.90 Å². The summed E-state index contributed by atoms with van der Waals surface area (Å²) in [6, 6.07) is 0.00668. The Morgan fingerprint density at radius 2 is 2.05 bits per heavy atom. The summed E-state index contributed by atoms with van der Waals surface area (Å²) in [5, 5.41) is 3.42. The van der Waals surface area contributed by atoms with Gasteiger partial charge in [0.15, 0.2) is 0 Å². The Hall–Kier alpha value is -0.610. The summed E-state index contributed by atoms with van der Waals surface area (Å²) in [6.45, 7) is 10.8. The van der Waals surface area contributed by atoms with Crippen LogP contribution in [-0.2, 0) is 9.53 Å². The molecule has 4 nitrogen and oxygen atoms in total. The molecule has 0 aromatic rings. The highest BCUT2D eigenvalue weighted by Crippen LogP contribution is 2.16. The number of nitrogens with zero attached hydrogens (tertiary/aromatic N) is 1. The normalized spacial score (nSPS) is 23.6. The Bertz CT molecular complexity index is 269. The number of hydrogen-bond acceptors (Lipinski definition) is 3. The van der Waals surface area contributed by atoms with Crippen LogP contribution < -0.4 is 5.32 Å². The van der Waals surface area contributed by atoms with Crippen molar-refractivity contribution in [3.63, 3.8) is 0 Å². The zero-order chi connectivity index (χ0) is 14.3. The lowest BCUT2D eigenvalue weighted by atomic mass is 10.1. The van der Waals surface area contributed by atoms with Gasteiger partial charge in [0.25, 0.3) is 0 Å². The van der Waals surface area contributed by atoms with Gasteiger partial charge in [0, 0.05) is 13.2 Å². The quantitative estimate of drug-likeness (QED) is 0.654. The first-order valence-electron chi connectivity index (χ1n) is 7.74. The number of nitrogens with one attached hydrogen (secondary N) is 1. The van der Waals surface area contributed by atoms with Gasteiger partial charge in [-0.05, 0) is 25.2 Å². The van der Waals surface area contributed by atoms with Crippen molar-refractivity contribution in [2.24, 2.45) is 5.92 Å². The average molecular weight is 270 g/mol. The maximum atomic E-state index is 12.2. The Kier molecular flexibility index (Phi) is 7.39. The van der Waals surface area contributed by atoms with Crippen LogP contribution in [0, 0.1) is 5.92 Å². The zero-order valence-corrected chi connectivity index (χ0v) is 12.9. The van der Waals surface area contributed by atoms with Crippen LogP contribution in [0.4, 0.5) is 0 Å². The standard InChI is InChI=1S/C15H30N2O2/c1-5-7-14-16-13(6-2)15(18)17(14)9-11-19-10-8-12(3)4/h12-14,16H,5-11H2,1-4H3. The summed E-state index contributed by atoms with van der Waals surface area (Å²) in [4.78, 5) is 14.2. The van der Waals surface area contributed by atoms with Crippen molar-refractivity contribution in [3.05, 3.63) is 0 Å². The molecule has 19 heavy (non-hydrogen) atoms. The molecule has 0 bridgehead atoms. The molecule has 4 heteroatoms. The topological polar surface area (TPSA) is 41.6 Å². The summed E-state index contributed by atoms with van der Waals surface area (Å²) < 4.78 is 5.63. The Morgan fingerprint density at radius 3 is 2.63 bits per heavy atom. The molecule has 112 valence electrons. The SMILES string of the molecule is CCCC1NC(CC)C(=O)N1CCOCCC(C)C. The van der Waals surface area contributed by atoms with E-state index in [2.05, 4.69) is 33.0 Å². The minimum absolute atomic E-state index is 0.00668. The first kappa shape index (κ1) is 16.4. The fourth-order valence-corrected chi connectivity index (χ4v) is 2.40. The molecule has 0 aromatic carbocycles. The third kappa shape index (κ3) is 5.11.